The van der Waals surface area contributed by atoms with Crippen molar-refractivity contribution in [2.75, 3.05) is 26.9 Å². The largest absolute Gasteiger partial charge is 0.496 e. The standard InChI is InChI=1S/C13H17NO4/c1-17-12-5-3-2-4-10(12)8-14-6-7-18-9-11(14)13(15)16/h2-5,11H,6-9H2,1H3,(H,15,16). The molecule has 18 heavy (non-hydrogen) atoms. The molecule has 0 aliphatic carbocycles. The molecule has 1 atom stereocenters. The second-order valence-corrected chi connectivity index (χ2v) is 4.21. The van der Waals surface area contributed by atoms with E-state index in [4.69, 9.17) is 14.6 Å². The smallest absolute Gasteiger partial charge is 0.323 e. The molecular weight excluding hydrogens is 234 g/mol. The van der Waals surface area contributed by atoms with Gasteiger partial charge < -0.3 is 14.6 Å². The van der Waals surface area contributed by atoms with E-state index in [2.05, 4.69) is 0 Å². The first-order valence-electron chi connectivity index (χ1n) is 5.89. The van der Waals surface area contributed by atoms with Crippen LogP contribution in [0.2, 0.25) is 0 Å². The average Bonchev–Trinajstić information content (AvgIpc) is 2.40. The molecule has 1 N–H and O–H groups in total. The number of aliphatic carboxylic acids is 1. The molecule has 0 aromatic heterocycles. The third-order valence-electron chi connectivity index (χ3n) is 3.09. The fourth-order valence-electron chi connectivity index (χ4n) is 2.11. The number of hydrogen-bond donors (Lipinski definition) is 1. The summed E-state index contributed by atoms with van der Waals surface area (Å²) in [4.78, 5) is 13.1. The van der Waals surface area contributed by atoms with Gasteiger partial charge in [0.15, 0.2) is 0 Å². The molecule has 1 heterocycles. The van der Waals surface area contributed by atoms with Gasteiger partial charge in [0.05, 0.1) is 20.3 Å². The van der Waals surface area contributed by atoms with E-state index in [0.717, 1.165) is 11.3 Å². The van der Waals surface area contributed by atoms with E-state index in [1.54, 1.807) is 7.11 Å². The van der Waals surface area contributed by atoms with Crippen LogP contribution in [0.5, 0.6) is 5.75 Å². The third-order valence-corrected chi connectivity index (χ3v) is 3.09. The molecule has 1 aliphatic rings. The van der Waals surface area contributed by atoms with Crippen molar-refractivity contribution in [3.8, 4) is 5.75 Å². The maximum Gasteiger partial charge on any atom is 0.323 e. The minimum absolute atomic E-state index is 0.241. The second-order valence-electron chi connectivity index (χ2n) is 4.21. The first kappa shape index (κ1) is 12.9. The lowest BCUT2D eigenvalue weighted by Crippen LogP contribution is -2.49. The monoisotopic (exact) mass is 251 g/mol. The Hall–Kier alpha value is -1.59. The van der Waals surface area contributed by atoms with Gasteiger partial charge in [0.25, 0.3) is 0 Å². The van der Waals surface area contributed by atoms with E-state index in [1.165, 1.54) is 0 Å². The Kier molecular flexibility index (Phi) is 4.17. The van der Waals surface area contributed by atoms with E-state index in [-0.39, 0.29) is 6.61 Å². The van der Waals surface area contributed by atoms with Crippen molar-refractivity contribution in [1.29, 1.82) is 0 Å². The van der Waals surface area contributed by atoms with Crippen molar-refractivity contribution in [1.82, 2.24) is 4.90 Å². The minimum Gasteiger partial charge on any atom is -0.496 e. The molecule has 2 rings (SSSR count). The van der Waals surface area contributed by atoms with E-state index in [0.29, 0.717) is 19.7 Å². The van der Waals surface area contributed by atoms with E-state index in [9.17, 15) is 4.79 Å². The molecule has 1 unspecified atom stereocenters. The molecule has 5 nitrogen and oxygen atoms in total. The number of carboxylic acids is 1. The number of morpholine rings is 1. The first-order chi connectivity index (χ1) is 8.72. The topological polar surface area (TPSA) is 59.0 Å². The highest BCUT2D eigenvalue weighted by atomic mass is 16.5. The molecule has 0 amide bonds. The lowest BCUT2D eigenvalue weighted by molar-refractivity contribution is -0.150. The lowest BCUT2D eigenvalue weighted by atomic mass is 10.1. The van der Waals surface area contributed by atoms with E-state index < -0.39 is 12.0 Å². The lowest BCUT2D eigenvalue weighted by Gasteiger charge is -2.33. The van der Waals surface area contributed by atoms with Crippen LogP contribution < -0.4 is 4.74 Å². The Bertz CT molecular complexity index is 421. The van der Waals surface area contributed by atoms with Gasteiger partial charge in [-0.15, -0.1) is 0 Å². The molecular formula is C13H17NO4. The van der Waals surface area contributed by atoms with Crippen LogP contribution in [0.25, 0.3) is 0 Å². The normalized spacial score (nSPS) is 20.6. The minimum atomic E-state index is -0.843. The number of carbonyl (C=O) groups is 1. The van der Waals surface area contributed by atoms with Gasteiger partial charge in [-0.1, -0.05) is 18.2 Å². The predicted octanol–water partition coefficient (Wildman–Crippen LogP) is 0.981. The second kappa shape index (κ2) is 5.84. The zero-order valence-electron chi connectivity index (χ0n) is 10.3. The van der Waals surface area contributed by atoms with Crippen LogP contribution in [-0.4, -0.2) is 48.9 Å². The summed E-state index contributed by atoms with van der Waals surface area (Å²) in [6, 6.07) is 7.08. The van der Waals surface area contributed by atoms with E-state index >= 15 is 0 Å². The Labute approximate surface area is 106 Å². The van der Waals surface area contributed by atoms with Gasteiger partial charge in [0.1, 0.15) is 11.8 Å². The van der Waals surface area contributed by atoms with Crippen LogP contribution in [0.15, 0.2) is 24.3 Å². The van der Waals surface area contributed by atoms with Gasteiger partial charge in [-0.2, -0.15) is 0 Å². The Morgan fingerprint density at radius 3 is 3.06 bits per heavy atom. The van der Waals surface area contributed by atoms with Crippen molar-refractivity contribution in [3.63, 3.8) is 0 Å². The third kappa shape index (κ3) is 2.80. The number of benzene rings is 1. The Morgan fingerprint density at radius 2 is 2.33 bits per heavy atom. The van der Waals surface area contributed by atoms with Crippen molar-refractivity contribution in [2.24, 2.45) is 0 Å². The van der Waals surface area contributed by atoms with Gasteiger partial charge in [-0.3, -0.25) is 9.69 Å². The van der Waals surface area contributed by atoms with Gasteiger partial charge >= 0.3 is 5.97 Å². The average molecular weight is 251 g/mol. The molecule has 0 saturated carbocycles. The molecule has 0 radical (unpaired) electrons. The maximum atomic E-state index is 11.2. The summed E-state index contributed by atoms with van der Waals surface area (Å²) in [5.41, 5.74) is 0.994. The van der Waals surface area contributed by atoms with Gasteiger partial charge in [-0.05, 0) is 6.07 Å². The van der Waals surface area contributed by atoms with Crippen molar-refractivity contribution >= 4 is 5.97 Å². The van der Waals surface area contributed by atoms with Crippen LogP contribution >= 0.6 is 0 Å². The highest BCUT2D eigenvalue weighted by Gasteiger charge is 2.29. The summed E-state index contributed by atoms with van der Waals surface area (Å²) in [6.45, 7) is 1.99. The number of para-hydroxylation sites is 1. The number of nitrogens with zero attached hydrogens (tertiary/aromatic N) is 1. The number of hydrogen-bond acceptors (Lipinski definition) is 4. The van der Waals surface area contributed by atoms with Gasteiger partial charge in [0, 0.05) is 18.7 Å². The van der Waals surface area contributed by atoms with Gasteiger partial charge in [-0.25, -0.2) is 0 Å². The summed E-state index contributed by atoms with van der Waals surface area (Å²) < 4.78 is 10.5. The SMILES string of the molecule is COc1ccccc1CN1CCOCC1C(=O)O. The summed E-state index contributed by atoms with van der Waals surface area (Å²) >= 11 is 0. The first-order valence-corrected chi connectivity index (χ1v) is 5.89. The highest BCUT2D eigenvalue weighted by Crippen LogP contribution is 2.21. The fourth-order valence-corrected chi connectivity index (χ4v) is 2.11. The molecule has 1 aromatic carbocycles. The zero-order valence-corrected chi connectivity index (χ0v) is 10.3. The quantitative estimate of drug-likeness (QED) is 0.864. The molecule has 0 spiro atoms. The molecule has 98 valence electrons. The summed E-state index contributed by atoms with van der Waals surface area (Å²) in [5, 5.41) is 9.16. The van der Waals surface area contributed by atoms with Crippen LogP contribution in [0.3, 0.4) is 0 Å². The summed E-state index contributed by atoms with van der Waals surface area (Å²) in [7, 11) is 1.62. The molecule has 1 saturated heterocycles. The van der Waals surface area contributed by atoms with Crippen molar-refractivity contribution in [3.05, 3.63) is 29.8 Å². The van der Waals surface area contributed by atoms with Crippen LogP contribution in [0.1, 0.15) is 5.56 Å². The highest BCUT2D eigenvalue weighted by molar-refractivity contribution is 5.73. The van der Waals surface area contributed by atoms with E-state index in [1.807, 2.05) is 29.2 Å². The number of rotatable bonds is 4. The fraction of sp³-hybridized carbons (Fsp3) is 0.462. The molecule has 1 aromatic rings. The Morgan fingerprint density at radius 1 is 1.56 bits per heavy atom. The molecule has 1 aliphatic heterocycles. The Balaban J connectivity index is 2.13. The summed E-state index contributed by atoms with van der Waals surface area (Å²) in [6.07, 6.45) is 0. The van der Waals surface area contributed by atoms with Crippen molar-refractivity contribution < 1.29 is 19.4 Å². The zero-order chi connectivity index (χ0) is 13.0. The van der Waals surface area contributed by atoms with Crippen molar-refractivity contribution in [2.45, 2.75) is 12.6 Å². The predicted molar refractivity (Wildman–Crippen MR) is 65.6 cm³/mol. The van der Waals surface area contributed by atoms with Gasteiger partial charge in [0.2, 0.25) is 0 Å². The number of carboxylic acid groups (broad SMARTS) is 1. The maximum absolute atomic E-state index is 11.2. The molecule has 1 fully saturated rings. The molecule has 5 heteroatoms. The van der Waals surface area contributed by atoms with Crippen LogP contribution in [0, 0.1) is 0 Å². The number of ether oxygens (including phenoxy) is 2. The van der Waals surface area contributed by atoms with Crippen LogP contribution in [0.4, 0.5) is 0 Å². The summed E-state index contributed by atoms with van der Waals surface area (Å²) in [5.74, 6) is -0.0577. The number of methoxy groups -OCH3 is 1. The molecule has 0 bridgehead atoms. The van der Waals surface area contributed by atoms with Crippen LogP contribution in [-0.2, 0) is 16.1 Å².